The average Bonchev–Trinajstić information content (AvgIpc) is 3.10. The summed E-state index contributed by atoms with van der Waals surface area (Å²) < 4.78 is 12.7. The van der Waals surface area contributed by atoms with Crippen molar-refractivity contribution in [2.24, 2.45) is 4.74 Å². The van der Waals surface area contributed by atoms with Crippen LogP contribution < -0.4 is 9.34 Å². The lowest BCUT2D eigenvalue weighted by molar-refractivity contribution is 0.663. The summed E-state index contributed by atoms with van der Waals surface area (Å²) in [5.74, 6) is 0. The molecule has 0 aromatic heterocycles. The molecule has 1 heterocycles. The first kappa shape index (κ1) is 17.8. The molecular formula is C22H25N4P. The van der Waals surface area contributed by atoms with Crippen LogP contribution in [-0.4, -0.2) is 31.9 Å². The Balaban J connectivity index is 1.95. The lowest BCUT2D eigenvalue weighted by atomic mass is 10.3. The molecule has 0 aliphatic carbocycles. The van der Waals surface area contributed by atoms with Gasteiger partial charge in [-0.05, 0) is 50.5 Å². The third-order valence-corrected chi connectivity index (χ3v) is 8.55. The molecule has 0 unspecified atom stereocenters. The molecule has 0 N–H and O–H groups in total. The van der Waals surface area contributed by atoms with Crippen LogP contribution in [0, 0.1) is 0 Å². The monoisotopic (exact) mass is 376 g/mol. The van der Waals surface area contributed by atoms with E-state index in [4.69, 9.17) is 4.74 Å². The van der Waals surface area contributed by atoms with Crippen molar-refractivity contribution in [1.29, 1.82) is 0 Å². The van der Waals surface area contributed by atoms with Gasteiger partial charge in [-0.3, -0.25) is 0 Å². The molecule has 4 rings (SSSR count). The number of anilines is 2. The van der Waals surface area contributed by atoms with Crippen molar-refractivity contribution in [3.63, 3.8) is 0 Å². The van der Waals surface area contributed by atoms with Crippen LogP contribution in [0.5, 0.6) is 0 Å². The predicted octanol–water partition coefficient (Wildman–Crippen LogP) is 5.85. The summed E-state index contributed by atoms with van der Waals surface area (Å²) in [5, 5.41) is 0. The van der Waals surface area contributed by atoms with Crippen molar-refractivity contribution < 1.29 is 0 Å². The Hall–Kier alpha value is -2.55. The maximum absolute atomic E-state index is 5.39. The van der Waals surface area contributed by atoms with Crippen LogP contribution in [0.2, 0.25) is 0 Å². The molecule has 4 nitrogen and oxygen atoms in total. The fraction of sp³-hybridized carbons (Fsp3) is 0.182. The molecule has 0 bridgehead atoms. The summed E-state index contributed by atoms with van der Waals surface area (Å²) >= 11 is 0. The number of nitrogens with zero attached hydrogens (tertiary/aromatic N) is 4. The third-order valence-electron chi connectivity index (χ3n) is 4.82. The molecule has 3 aromatic rings. The van der Waals surface area contributed by atoms with E-state index in [1.165, 1.54) is 11.4 Å². The standard InChI is InChI=1S/C22H25N4P/c1-24(2)27(23-20-12-6-3-7-13-20)25(21-14-8-4-9-15-21)18-19-26(27)22-16-10-5-11-17-22/h3-17H,18-19H2,1-2H3. The van der Waals surface area contributed by atoms with Crippen molar-refractivity contribution >= 4 is 24.6 Å². The summed E-state index contributed by atoms with van der Waals surface area (Å²) in [6.07, 6.45) is 0. The van der Waals surface area contributed by atoms with E-state index >= 15 is 0 Å². The van der Waals surface area contributed by atoms with E-state index in [1.807, 2.05) is 6.07 Å². The number of benzene rings is 3. The third kappa shape index (κ3) is 3.27. The highest BCUT2D eigenvalue weighted by atomic mass is 31.2. The molecule has 27 heavy (non-hydrogen) atoms. The maximum Gasteiger partial charge on any atom is 0.222 e. The topological polar surface area (TPSA) is 22.1 Å². The van der Waals surface area contributed by atoms with Crippen LogP contribution in [0.4, 0.5) is 17.1 Å². The van der Waals surface area contributed by atoms with Gasteiger partial charge in [0.15, 0.2) is 0 Å². The Bertz CT molecular complexity index is 875. The van der Waals surface area contributed by atoms with Crippen LogP contribution in [0.1, 0.15) is 0 Å². The van der Waals surface area contributed by atoms with Gasteiger partial charge in [-0.15, -0.1) is 0 Å². The zero-order valence-corrected chi connectivity index (χ0v) is 16.7. The van der Waals surface area contributed by atoms with Crippen LogP contribution in [0.15, 0.2) is 95.7 Å². The summed E-state index contributed by atoms with van der Waals surface area (Å²) in [7, 11) is 2.12. The van der Waals surface area contributed by atoms with Gasteiger partial charge in [-0.2, -0.15) is 0 Å². The van der Waals surface area contributed by atoms with Gasteiger partial charge in [0, 0.05) is 24.5 Å². The molecule has 0 radical (unpaired) electrons. The smallest absolute Gasteiger partial charge is 0.222 e. The highest BCUT2D eigenvalue weighted by molar-refractivity contribution is 7.67. The molecule has 0 spiro atoms. The van der Waals surface area contributed by atoms with E-state index in [1.54, 1.807) is 0 Å². The van der Waals surface area contributed by atoms with Crippen molar-refractivity contribution in [3.8, 4) is 0 Å². The predicted molar refractivity (Wildman–Crippen MR) is 117 cm³/mol. The Morgan fingerprint density at radius 2 is 1.07 bits per heavy atom. The van der Waals surface area contributed by atoms with Crippen molar-refractivity contribution in [3.05, 3.63) is 91.0 Å². The van der Waals surface area contributed by atoms with Gasteiger partial charge < -0.3 is 9.34 Å². The minimum Gasteiger partial charge on any atom is -0.309 e. The second-order valence-electron chi connectivity index (χ2n) is 6.74. The molecule has 138 valence electrons. The molecule has 1 aliphatic rings. The highest BCUT2D eigenvalue weighted by Crippen LogP contribution is 2.65. The summed E-state index contributed by atoms with van der Waals surface area (Å²) in [6.45, 7) is 1.89. The lowest BCUT2D eigenvalue weighted by Crippen LogP contribution is -2.29. The summed E-state index contributed by atoms with van der Waals surface area (Å²) in [6, 6.07) is 31.6. The van der Waals surface area contributed by atoms with E-state index in [9.17, 15) is 0 Å². The van der Waals surface area contributed by atoms with Gasteiger partial charge in [0.2, 0.25) is 7.51 Å². The highest BCUT2D eigenvalue weighted by Gasteiger charge is 2.43. The molecular weight excluding hydrogens is 351 g/mol. The van der Waals surface area contributed by atoms with E-state index in [0.717, 1.165) is 18.8 Å². The van der Waals surface area contributed by atoms with Crippen molar-refractivity contribution in [2.75, 3.05) is 36.5 Å². The van der Waals surface area contributed by atoms with E-state index < -0.39 is 7.51 Å². The second kappa shape index (κ2) is 7.59. The van der Waals surface area contributed by atoms with Crippen molar-refractivity contribution in [1.82, 2.24) is 4.67 Å². The second-order valence-corrected chi connectivity index (χ2v) is 9.78. The molecule has 0 amide bonds. The first-order valence-corrected chi connectivity index (χ1v) is 10.8. The van der Waals surface area contributed by atoms with Crippen LogP contribution in [-0.2, 0) is 0 Å². The van der Waals surface area contributed by atoms with Gasteiger partial charge in [0.05, 0.1) is 5.69 Å². The Morgan fingerprint density at radius 3 is 1.48 bits per heavy atom. The molecule has 0 saturated carbocycles. The molecule has 1 aliphatic heterocycles. The number of rotatable bonds is 4. The van der Waals surface area contributed by atoms with E-state index in [0.29, 0.717) is 0 Å². The van der Waals surface area contributed by atoms with Crippen LogP contribution in [0.3, 0.4) is 0 Å². The van der Waals surface area contributed by atoms with Gasteiger partial charge >= 0.3 is 0 Å². The fourth-order valence-corrected chi connectivity index (χ4v) is 7.20. The number of para-hydroxylation sites is 2. The molecule has 5 heteroatoms. The first-order valence-electron chi connectivity index (χ1n) is 9.23. The van der Waals surface area contributed by atoms with Crippen LogP contribution in [0.25, 0.3) is 0 Å². The number of hydrogen-bond acceptors (Lipinski definition) is 1. The largest absolute Gasteiger partial charge is 0.309 e. The Kier molecular flexibility index (Phi) is 5.02. The zero-order chi connectivity index (χ0) is 18.7. The van der Waals surface area contributed by atoms with Crippen molar-refractivity contribution in [2.45, 2.75) is 0 Å². The van der Waals surface area contributed by atoms with Gasteiger partial charge in [-0.25, -0.2) is 9.42 Å². The summed E-state index contributed by atoms with van der Waals surface area (Å²) in [5.41, 5.74) is 3.46. The number of hydrogen-bond donors (Lipinski definition) is 0. The Labute approximate surface area is 161 Å². The fourth-order valence-electron chi connectivity index (χ4n) is 3.64. The Morgan fingerprint density at radius 1 is 0.667 bits per heavy atom. The minimum absolute atomic E-state index is 0.946. The quantitative estimate of drug-likeness (QED) is 0.533. The maximum atomic E-state index is 5.39. The SMILES string of the molecule is CN(C)P1(=Nc2ccccc2)N(c2ccccc2)CCN1c1ccccc1. The molecule has 3 aromatic carbocycles. The lowest BCUT2D eigenvalue weighted by Gasteiger charge is -2.41. The van der Waals surface area contributed by atoms with Gasteiger partial charge in [0.25, 0.3) is 0 Å². The van der Waals surface area contributed by atoms with Crippen LogP contribution >= 0.6 is 7.51 Å². The first-order chi connectivity index (χ1) is 13.2. The van der Waals surface area contributed by atoms with E-state index in [2.05, 4.69) is 113 Å². The normalized spacial score (nSPS) is 16.0. The zero-order valence-electron chi connectivity index (χ0n) is 15.8. The average molecular weight is 376 g/mol. The summed E-state index contributed by atoms with van der Waals surface area (Å²) in [4.78, 5) is 0. The molecule has 1 saturated heterocycles. The van der Waals surface area contributed by atoms with E-state index in [-0.39, 0.29) is 0 Å². The van der Waals surface area contributed by atoms with Gasteiger partial charge in [-0.1, -0.05) is 54.6 Å². The minimum atomic E-state index is -2.18. The molecule has 1 fully saturated rings. The molecule has 0 atom stereocenters. The van der Waals surface area contributed by atoms with Gasteiger partial charge in [0.1, 0.15) is 0 Å².